The fourth-order valence-electron chi connectivity index (χ4n) is 2.42. The van der Waals surface area contributed by atoms with Crippen LogP contribution in [0.25, 0.3) is 22.2 Å². The maximum Gasteiger partial charge on any atom is 0.167 e. The van der Waals surface area contributed by atoms with E-state index in [4.69, 9.17) is 10.3 Å². The van der Waals surface area contributed by atoms with E-state index in [1.165, 1.54) is 0 Å². The van der Waals surface area contributed by atoms with Crippen molar-refractivity contribution in [2.45, 2.75) is 12.5 Å². The molecule has 21 heavy (non-hydrogen) atoms. The van der Waals surface area contributed by atoms with Gasteiger partial charge in [-0.05, 0) is 24.1 Å². The average molecular weight is 301 g/mol. The Morgan fingerprint density at radius 2 is 1.86 bits per heavy atom. The summed E-state index contributed by atoms with van der Waals surface area (Å²) in [6, 6.07) is 15.8. The Bertz CT molecular complexity index is 751. The van der Waals surface area contributed by atoms with Crippen molar-refractivity contribution in [2.75, 3.05) is 0 Å². The predicted octanol–water partition coefficient (Wildman–Crippen LogP) is 4.49. The molecule has 108 valence electrons. The highest BCUT2D eigenvalue weighted by Crippen LogP contribution is 2.33. The molecular formula is C17H17ClN2O. The predicted molar refractivity (Wildman–Crippen MR) is 88.4 cm³/mol. The zero-order valence-corrected chi connectivity index (χ0v) is 12.3. The lowest BCUT2D eigenvalue weighted by molar-refractivity contribution is 0.459. The molecule has 3 nitrogen and oxygen atoms in total. The van der Waals surface area contributed by atoms with Crippen molar-refractivity contribution in [2.24, 2.45) is 5.73 Å². The fraction of sp³-hybridized carbons (Fsp3) is 0.118. The van der Waals surface area contributed by atoms with Crippen LogP contribution in [0, 0.1) is 0 Å². The zero-order chi connectivity index (χ0) is 13.9. The van der Waals surface area contributed by atoms with E-state index in [9.17, 15) is 0 Å². The van der Waals surface area contributed by atoms with Gasteiger partial charge in [0.15, 0.2) is 5.58 Å². The Labute approximate surface area is 129 Å². The quantitative estimate of drug-likeness (QED) is 0.722. The Balaban J connectivity index is 0.00000161. The molecule has 0 aliphatic carbocycles. The van der Waals surface area contributed by atoms with E-state index in [1.54, 1.807) is 0 Å². The van der Waals surface area contributed by atoms with Crippen LogP contribution in [0.4, 0.5) is 0 Å². The van der Waals surface area contributed by atoms with Gasteiger partial charge < -0.3 is 10.3 Å². The van der Waals surface area contributed by atoms with E-state index in [0.717, 1.165) is 34.2 Å². The lowest BCUT2D eigenvalue weighted by atomic mass is 9.95. The van der Waals surface area contributed by atoms with Gasteiger partial charge in [0, 0.05) is 17.0 Å². The number of nitrogens with two attached hydrogens (primary N) is 1. The van der Waals surface area contributed by atoms with Crippen molar-refractivity contribution in [1.82, 2.24) is 5.16 Å². The molecule has 3 rings (SSSR count). The highest BCUT2D eigenvalue weighted by atomic mass is 35.5. The summed E-state index contributed by atoms with van der Waals surface area (Å²) < 4.78 is 5.39. The number of rotatable bonds is 4. The molecule has 1 aromatic heterocycles. The third-order valence-corrected chi connectivity index (χ3v) is 3.41. The van der Waals surface area contributed by atoms with Crippen LogP contribution in [0.2, 0.25) is 0 Å². The van der Waals surface area contributed by atoms with Gasteiger partial charge in [-0.15, -0.1) is 19.0 Å². The van der Waals surface area contributed by atoms with E-state index < -0.39 is 0 Å². The Kier molecular flexibility index (Phi) is 4.78. The third kappa shape index (κ3) is 2.84. The van der Waals surface area contributed by atoms with Gasteiger partial charge in [0.05, 0.1) is 0 Å². The molecule has 0 amide bonds. The first-order chi connectivity index (χ1) is 9.81. The lowest BCUT2D eigenvalue weighted by Crippen LogP contribution is -2.10. The van der Waals surface area contributed by atoms with Gasteiger partial charge in [0.2, 0.25) is 0 Å². The van der Waals surface area contributed by atoms with Crippen molar-refractivity contribution >= 4 is 23.4 Å². The molecule has 0 fully saturated rings. The zero-order valence-electron chi connectivity index (χ0n) is 11.5. The second-order valence-corrected chi connectivity index (χ2v) is 4.75. The smallest absolute Gasteiger partial charge is 0.167 e. The molecule has 0 aliphatic rings. The molecule has 0 saturated carbocycles. The summed E-state index contributed by atoms with van der Waals surface area (Å²) in [5.74, 6) is 0. The highest BCUT2D eigenvalue weighted by molar-refractivity contribution is 5.92. The van der Waals surface area contributed by atoms with Crippen LogP contribution in [0.15, 0.2) is 65.7 Å². The van der Waals surface area contributed by atoms with Crippen LogP contribution in [0.3, 0.4) is 0 Å². The molecule has 1 atom stereocenters. The molecule has 4 heteroatoms. The van der Waals surface area contributed by atoms with Crippen molar-refractivity contribution in [3.8, 4) is 11.3 Å². The van der Waals surface area contributed by atoms with Gasteiger partial charge in [-0.1, -0.05) is 47.6 Å². The van der Waals surface area contributed by atoms with E-state index >= 15 is 0 Å². The molecule has 0 bridgehead atoms. The first-order valence-electron chi connectivity index (χ1n) is 6.61. The highest BCUT2D eigenvalue weighted by Gasteiger charge is 2.16. The maximum atomic E-state index is 6.23. The van der Waals surface area contributed by atoms with Crippen LogP contribution in [0.1, 0.15) is 18.0 Å². The minimum absolute atomic E-state index is 0. The van der Waals surface area contributed by atoms with Crippen LogP contribution in [-0.2, 0) is 0 Å². The van der Waals surface area contributed by atoms with E-state index in [1.807, 2.05) is 54.6 Å². The van der Waals surface area contributed by atoms with Gasteiger partial charge in [-0.25, -0.2) is 0 Å². The lowest BCUT2D eigenvalue weighted by Gasteiger charge is -2.13. The summed E-state index contributed by atoms with van der Waals surface area (Å²) in [6.07, 6.45) is 2.56. The van der Waals surface area contributed by atoms with Crippen LogP contribution >= 0.6 is 12.4 Å². The van der Waals surface area contributed by atoms with E-state index in [-0.39, 0.29) is 18.4 Å². The fourth-order valence-corrected chi connectivity index (χ4v) is 2.42. The molecule has 2 aromatic carbocycles. The number of aromatic nitrogens is 1. The Morgan fingerprint density at radius 3 is 2.67 bits per heavy atom. The average Bonchev–Trinajstić information content (AvgIpc) is 2.91. The normalized spacial score (nSPS) is 11.9. The summed E-state index contributed by atoms with van der Waals surface area (Å²) in [5, 5.41) is 5.22. The molecule has 2 N–H and O–H groups in total. The Morgan fingerprint density at radius 1 is 1.14 bits per heavy atom. The Hall–Kier alpha value is -2.10. The molecule has 0 aliphatic heterocycles. The number of halogens is 1. The molecule has 1 heterocycles. The van der Waals surface area contributed by atoms with Crippen LogP contribution in [-0.4, -0.2) is 5.16 Å². The third-order valence-electron chi connectivity index (χ3n) is 3.41. The summed E-state index contributed by atoms with van der Waals surface area (Å²) in [5.41, 5.74) is 9.94. The van der Waals surface area contributed by atoms with E-state index in [0.29, 0.717) is 0 Å². The number of nitrogens with zero attached hydrogens (tertiary/aromatic N) is 1. The summed E-state index contributed by atoms with van der Waals surface area (Å²) in [6.45, 7) is 3.75. The summed E-state index contributed by atoms with van der Waals surface area (Å²) in [4.78, 5) is 0. The van der Waals surface area contributed by atoms with Crippen LogP contribution < -0.4 is 5.73 Å². The van der Waals surface area contributed by atoms with Gasteiger partial charge in [0.1, 0.15) is 5.69 Å². The first kappa shape index (κ1) is 15.3. The van der Waals surface area contributed by atoms with Crippen molar-refractivity contribution in [3.63, 3.8) is 0 Å². The SMILES string of the molecule is C=CC[C@H](N)c1ccccc1-c1noc2ccccc12.Cl. The standard InChI is InChI=1S/C17H16N2O.ClH/c1-2-7-15(18)12-8-3-4-9-13(12)17-14-10-5-6-11-16(14)20-19-17;/h2-6,8-11,15H,1,7,18H2;1H/t15-;/m0./s1. The number of fused-ring (bicyclic) bond motifs is 1. The second-order valence-electron chi connectivity index (χ2n) is 4.75. The summed E-state index contributed by atoms with van der Waals surface area (Å²) in [7, 11) is 0. The monoisotopic (exact) mass is 300 g/mol. The molecule has 0 unspecified atom stereocenters. The van der Waals surface area contributed by atoms with Crippen molar-refractivity contribution in [1.29, 1.82) is 0 Å². The van der Waals surface area contributed by atoms with Gasteiger partial charge >= 0.3 is 0 Å². The molecule has 3 aromatic rings. The first-order valence-corrected chi connectivity index (χ1v) is 6.61. The second kappa shape index (κ2) is 6.57. The topological polar surface area (TPSA) is 52.0 Å². The van der Waals surface area contributed by atoms with E-state index in [2.05, 4.69) is 11.7 Å². The molecular weight excluding hydrogens is 284 g/mol. The summed E-state index contributed by atoms with van der Waals surface area (Å²) >= 11 is 0. The molecule has 0 saturated heterocycles. The van der Waals surface area contributed by atoms with Gasteiger partial charge in [-0.3, -0.25) is 0 Å². The number of hydrogen-bond donors (Lipinski definition) is 1. The molecule has 0 radical (unpaired) electrons. The van der Waals surface area contributed by atoms with Gasteiger partial charge in [-0.2, -0.15) is 0 Å². The largest absolute Gasteiger partial charge is 0.356 e. The van der Waals surface area contributed by atoms with Crippen LogP contribution in [0.5, 0.6) is 0 Å². The van der Waals surface area contributed by atoms with Crippen molar-refractivity contribution < 1.29 is 4.52 Å². The minimum Gasteiger partial charge on any atom is -0.356 e. The van der Waals surface area contributed by atoms with Crippen molar-refractivity contribution in [3.05, 3.63) is 66.7 Å². The molecule has 0 spiro atoms. The maximum absolute atomic E-state index is 6.23. The number of para-hydroxylation sites is 1. The number of benzene rings is 2. The number of hydrogen-bond acceptors (Lipinski definition) is 3. The van der Waals surface area contributed by atoms with Gasteiger partial charge in [0.25, 0.3) is 0 Å². The minimum atomic E-state index is -0.0841.